The van der Waals surface area contributed by atoms with Gasteiger partial charge in [-0.1, -0.05) is 35.9 Å². The van der Waals surface area contributed by atoms with Crippen LogP contribution in [0.5, 0.6) is 5.75 Å². The number of aromatic nitrogens is 2. The summed E-state index contributed by atoms with van der Waals surface area (Å²) >= 11 is 6.12. The fourth-order valence-electron chi connectivity index (χ4n) is 3.37. The Hall–Kier alpha value is -2.90. The van der Waals surface area contributed by atoms with Gasteiger partial charge in [0, 0.05) is 43.9 Å². The lowest BCUT2D eigenvalue weighted by Crippen LogP contribution is -2.48. The number of carbonyl (C=O) groups excluding carboxylic acids is 1. The zero-order valence-electron chi connectivity index (χ0n) is 16.4. The van der Waals surface area contributed by atoms with Crippen molar-refractivity contribution < 1.29 is 13.9 Å². The maximum absolute atomic E-state index is 13.2. The number of amides is 1. The molecule has 1 amide bonds. The fraction of sp³-hybridized carbons (Fsp3) is 0.273. The smallest absolute Gasteiger partial charge is 0.274 e. The molecule has 1 saturated heterocycles. The minimum absolute atomic E-state index is 0.0899. The Morgan fingerprint density at radius 3 is 2.57 bits per heavy atom. The van der Waals surface area contributed by atoms with Gasteiger partial charge in [-0.3, -0.25) is 9.69 Å². The third-order valence-electron chi connectivity index (χ3n) is 5.04. The lowest BCUT2D eigenvalue weighted by atomic mass is 10.2. The van der Waals surface area contributed by atoms with Crippen LogP contribution in [-0.4, -0.2) is 51.7 Å². The Bertz CT molecular complexity index is 1000. The van der Waals surface area contributed by atoms with E-state index in [1.807, 2.05) is 30.3 Å². The standard InChI is InChI=1S/C22H22ClFN4O2/c23-20-14-18(24)7-6-17(20)15-26-10-12-27(13-11-26)22(29)21-8-9-28(25-21)16-30-19-4-2-1-3-5-19/h1-9,14H,10-13,15-16H2. The molecular weight excluding hydrogens is 407 g/mol. The SMILES string of the molecule is O=C(c1ccn(COc2ccccc2)n1)N1CCN(Cc2ccc(F)cc2Cl)CC1. The number of carbonyl (C=O) groups is 1. The molecular formula is C22H22ClFN4O2. The van der Waals surface area contributed by atoms with Crippen molar-refractivity contribution in [2.24, 2.45) is 0 Å². The number of benzene rings is 2. The van der Waals surface area contributed by atoms with E-state index in [0.717, 1.165) is 24.4 Å². The third kappa shape index (κ3) is 4.98. The van der Waals surface area contributed by atoms with Crippen molar-refractivity contribution in [1.29, 1.82) is 0 Å². The molecule has 0 N–H and O–H groups in total. The third-order valence-corrected chi connectivity index (χ3v) is 5.39. The van der Waals surface area contributed by atoms with Crippen LogP contribution in [0.1, 0.15) is 16.1 Å². The van der Waals surface area contributed by atoms with Crippen molar-refractivity contribution in [3.8, 4) is 5.75 Å². The second-order valence-electron chi connectivity index (χ2n) is 7.13. The predicted octanol–water partition coefficient (Wildman–Crippen LogP) is 3.67. The van der Waals surface area contributed by atoms with Crippen LogP contribution in [0.3, 0.4) is 0 Å². The van der Waals surface area contributed by atoms with Gasteiger partial charge in [-0.15, -0.1) is 0 Å². The first-order valence-electron chi connectivity index (χ1n) is 9.75. The molecule has 1 aliphatic heterocycles. The summed E-state index contributed by atoms with van der Waals surface area (Å²) in [7, 11) is 0. The second kappa shape index (κ2) is 9.28. The van der Waals surface area contributed by atoms with E-state index in [4.69, 9.17) is 16.3 Å². The van der Waals surface area contributed by atoms with Gasteiger partial charge in [-0.2, -0.15) is 5.10 Å². The molecule has 0 aliphatic carbocycles. The Balaban J connectivity index is 1.28. The lowest BCUT2D eigenvalue weighted by Gasteiger charge is -2.34. The molecule has 3 aromatic rings. The van der Waals surface area contributed by atoms with Gasteiger partial charge < -0.3 is 9.64 Å². The molecule has 0 bridgehead atoms. The van der Waals surface area contributed by atoms with Crippen LogP contribution in [0, 0.1) is 5.82 Å². The number of ether oxygens (including phenoxy) is 1. The summed E-state index contributed by atoms with van der Waals surface area (Å²) in [6, 6.07) is 15.6. The molecule has 0 atom stereocenters. The summed E-state index contributed by atoms with van der Waals surface area (Å²) in [4.78, 5) is 16.8. The van der Waals surface area contributed by atoms with Crippen LogP contribution < -0.4 is 4.74 Å². The normalized spacial score (nSPS) is 14.7. The summed E-state index contributed by atoms with van der Waals surface area (Å²) in [5, 5.41) is 4.77. The molecule has 30 heavy (non-hydrogen) atoms. The number of para-hydroxylation sites is 1. The zero-order valence-corrected chi connectivity index (χ0v) is 17.1. The summed E-state index contributed by atoms with van der Waals surface area (Å²) < 4.78 is 20.5. The maximum Gasteiger partial charge on any atom is 0.274 e. The molecule has 1 fully saturated rings. The van der Waals surface area contributed by atoms with Gasteiger partial charge in [0.1, 0.15) is 11.6 Å². The summed E-state index contributed by atoms with van der Waals surface area (Å²) in [6.45, 7) is 3.51. The van der Waals surface area contributed by atoms with E-state index >= 15 is 0 Å². The van der Waals surface area contributed by atoms with Crippen molar-refractivity contribution in [2.45, 2.75) is 13.3 Å². The van der Waals surface area contributed by atoms with Gasteiger partial charge in [0.05, 0.1) is 0 Å². The molecule has 8 heteroatoms. The average molecular weight is 429 g/mol. The van der Waals surface area contributed by atoms with E-state index in [0.29, 0.717) is 30.4 Å². The number of hydrogen-bond donors (Lipinski definition) is 0. The van der Waals surface area contributed by atoms with E-state index in [2.05, 4.69) is 10.00 Å². The van der Waals surface area contributed by atoms with Gasteiger partial charge in [0.2, 0.25) is 0 Å². The first-order valence-corrected chi connectivity index (χ1v) is 10.1. The minimum Gasteiger partial charge on any atom is -0.471 e. The fourth-order valence-corrected chi connectivity index (χ4v) is 3.59. The van der Waals surface area contributed by atoms with Crippen LogP contribution in [-0.2, 0) is 13.3 Å². The highest BCUT2D eigenvalue weighted by Gasteiger charge is 2.24. The summed E-state index contributed by atoms with van der Waals surface area (Å²) in [5.41, 5.74) is 1.29. The molecule has 2 heterocycles. The van der Waals surface area contributed by atoms with Crippen LogP contribution in [0.4, 0.5) is 4.39 Å². The second-order valence-corrected chi connectivity index (χ2v) is 7.54. The van der Waals surface area contributed by atoms with Crippen LogP contribution in [0.15, 0.2) is 60.8 Å². The predicted molar refractivity (Wildman–Crippen MR) is 112 cm³/mol. The van der Waals surface area contributed by atoms with Gasteiger partial charge in [0.15, 0.2) is 12.4 Å². The molecule has 1 aliphatic rings. The van der Waals surface area contributed by atoms with Crippen molar-refractivity contribution in [3.05, 3.63) is 82.9 Å². The molecule has 0 radical (unpaired) electrons. The minimum atomic E-state index is -0.340. The summed E-state index contributed by atoms with van der Waals surface area (Å²) in [5.74, 6) is 0.318. The lowest BCUT2D eigenvalue weighted by molar-refractivity contribution is 0.0621. The van der Waals surface area contributed by atoms with Gasteiger partial charge in [-0.25, -0.2) is 9.07 Å². The van der Waals surface area contributed by atoms with Gasteiger partial charge in [0.25, 0.3) is 5.91 Å². The Labute approximate surface area is 179 Å². The Kier molecular flexibility index (Phi) is 6.30. The number of halogens is 2. The number of rotatable bonds is 6. The molecule has 0 unspecified atom stereocenters. The largest absolute Gasteiger partial charge is 0.471 e. The van der Waals surface area contributed by atoms with Crippen LogP contribution in [0.2, 0.25) is 5.02 Å². The summed E-state index contributed by atoms with van der Waals surface area (Å²) in [6.07, 6.45) is 1.74. The average Bonchev–Trinajstić information content (AvgIpc) is 3.24. The molecule has 6 nitrogen and oxygen atoms in total. The highest BCUT2D eigenvalue weighted by Crippen LogP contribution is 2.20. The Morgan fingerprint density at radius 1 is 1.07 bits per heavy atom. The molecule has 0 saturated carbocycles. The van der Waals surface area contributed by atoms with E-state index in [1.165, 1.54) is 12.1 Å². The molecule has 0 spiro atoms. The number of nitrogens with zero attached hydrogens (tertiary/aromatic N) is 4. The molecule has 2 aromatic carbocycles. The number of hydrogen-bond acceptors (Lipinski definition) is 4. The van der Waals surface area contributed by atoms with Crippen LogP contribution in [0.25, 0.3) is 0 Å². The van der Waals surface area contributed by atoms with E-state index in [1.54, 1.807) is 27.9 Å². The first-order chi connectivity index (χ1) is 14.6. The van der Waals surface area contributed by atoms with Crippen molar-refractivity contribution in [2.75, 3.05) is 26.2 Å². The van der Waals surface area contributed by atoms with Crippen molar-refractivity contribution >= 4 is 17.5 Å². The van der Waals surface area contributed by atoms with E-state index < -0.39 is 0 Å². The topological polar surface area (TPSA) is 50.6 Å². The van der Waals surface area contributed by atoms with E-state index in [-0.39, 0.29) is 18.5 Å². The highest BCUT2D eigenvalue weighted by atomic mass is 35.5. The first kappa shape index (κ1) is 20.4. The molecule has 4 rings (SSSR count). The van der Waals surface area contributed by atoms with E-state index in [9.17, 15) is 9.18 Å². The maximum atomic E-state index is 13.2. The zero-order chi connectivity index (χ0) is 20.9. The van der Waals surface area contributed by atoms with Crippen molar-refractivity contribution in [3.63, 3.8) is 0 Å². The molecule has 1 aromatic heterocycles. The van der Waals surface area contributed by atoms with Gasteiger partial charge >= 0.3 is 0 Å². The Morgan fingerprint density at radius 2 is 1.83 bits per heavy atom. The monoisotopic (exact) mass is 428 g/mol. The van der Waals surface area contributed by atoms with Gasteiger partial charge in [-0.05, 0) is 35.9 Å². The quantitative estimate of drug-likeness (QED) is 0.601. The number of piperazine rings is 1. The van der Waals surface area contributed by atoms with Crippen molar-refractivity contribution in [1.82, 2.24) is 19.6 Å². The molecule has 156 valence electrons. The highest BCUT2D eigenvalue weighted by molar-refractivity contribution is 6.31. The van der Waals surface area contributed by atoms with Crippen LogP contribution >= 0.6 is 11.6 Å².